The van der Waals surface area contributed by atoms with Crippen LogP contribution >= 0.6 is 0 Å². The molecule has 11 aromatic rings. The molecule has 11 rings (SSSR count). The molecule has 0 spiro atoms. The second-order valence-corrected chi connectivity index (χ2v) is 13.0. The number of aromatic nitrogens is 4. The van der Waals surface area contributed by atoms with Gasteiger partial charge in [0.2, 0.25) is 5.71 Å². The molecule has 4 heterocycles. The van der Waals surface area contributed by atoms with E-state index in [9.17, 15) is 0 Å². The van der Waals surface area contributed by atoms with Crippen molar-refractivity contribution in [2.75, 3.05) is 0 Å². The van der Waals surface area contributed by atoms with Gasteiger partial charge in [0.1, 0.15) is 5.58 Å². The highest BCUT2D eigenvalue weighted by Gasteiger charge is 2.20. The monoisotopic (exact) mass is 652 g/mol. The summed E-state index contributed by atoms with van der Waals surface area (Å²) in [5.74, 6) is 0.620. The molecule has 0 atom stereocenters. The summed E-state index contributed by atoms with van der Waals surface area (Å²) in [4.78, 5) is 10.4. The number of fused-ring (bicyclic) bond motifs is 9. The number of hydrogen-bond acceptors (Lipinski definition) is 3. The second kappa shape index (κ2) is 10.8. The second-order valence-electron chi connectivity index (χ2n) is 13.0. The normalized spacial score (nSPS) is 11.9. The summed E-state index contributed by atoms with van der Waals surface area (Å²) in [5.41, 5.74) is 11.0. The van der Waals surface area contributed by atoms with Crippen LogP contribution in [0.15, 0.2) is 174 Å². The lowest BCUT2D eigenvalue weighted by molar-refractivity contribution is 0.653. The molecule has 0 saturated heterocycles. The van der Waals surface area contributed by atoms with Crippen LogP contribution in [0.5, 0.6) is 0 Å². The smallest absolute Gasteiger partial charge is 0.231 e. The van der Waals surface area contributed by atoms with E-state index in [0.29, 0.717) is 11.5 Å². The lowest BCUT2D eigenvalue weighted by Gasteiger charge is -2.11. The molecular weight excluding hydrogens is 625 g/mol. The first-order valence-corrected chi connectivity index (χ1v) is 17.2. The van der Waals surface area contributed by atoms with Crippen LogP contribution in [-0.4, -0.2) is 19.1 Å². The molecule has 7 aromatic carbocycles. The average molecular weight is 653 g/mol. The van der Waals surface area contributed by atoms with E-state index in [0.717, 1.165) is 55.6 Å². The maximum atomic E-state index is 6.42. The first-order valence-electron chi connectivity index (χ1n) is 17.2. The molecule has 238 valence electrons. The van der Waals surface area contributed by atoms with Crippen molar-refractivity contribution in [1.82, 2.24) is 19.1 Å². The van der Waals surface area contributed by atoms with Gasteiger partial charge in [-0.15, -0.1) is 0 Å². The van der Waals surface area contributed by atoms with E-state index < -0.39 is 0 Å². The van der Waals surface area contributed by atoms with Gasteiger partial charge in [-0.25, -0.2) is 4.98 Å². The zero-order valence-corrected chi connectivity index (χ0v) is 27.4. The number of benzene rings is 7. The van der Waals surface area contributed by atoms with Crippen molar-refractivity contribution in [3.63, 3.8) is 0 Å². The molecule has 0 bridgehead atoms. The molecule has 0 radical (unpaired) electrons. The van der Waals surface area contributed by atoms with Crippen LogP contribution in [0.1, 0.15) is 0 Å². The fraction of sp³-hybridized carbons (Fsp3) is 0. The minimum Gasteiger partial charge on any atom is -0.438 e. The minimum absolute atomic E-state index is 0.575. The average Bonchev–Trinajstić information content (AvgIpc) is 3.85. The van der Waals surface area contributed by atoms with Crippen LogP contribution in [-0.2, 0) is 0 Å². The van der Waals surface area contributed by atoms with E-state index in [1.54, 1.807) is 0 Å². The molecule has 0 fully saturated rings. The molecule has 51 heavy (non-hydrogen) atoms. The van der Waals surface area contributed by atoms with Crippen molar-refractivity contribution >= 4 is 65.7 Å². The maximum Gasteiger partial charge on any atom is 0.231 e. The highest BCUT2D eigenvalue weighted by atomic mass is 16.3. The quantitative estimate of drug-likeness (QED) is 0.190. The van der Waals surface area contributed by atoms with Crippen molar-refractivity contribution < 1.29 is 4.42 Å². The van der Waals surface area contributed by atoms with E-state index in [1.165, 1.54) is 32.6 Å². The van der Waals surface area contributed by atoms with Crippen molar-refractivity contribution in [2.45, 2.75) is 0 Å². The number of furan rings is 1. The molecule has 0 amide bonds. The summed E-state index contributed by atoms with van der Waals surface area (Å²) in [7, 11) is 0. The summed E-state index contributed by atoms with van der Waals surface area (Å²) < 4.78 is 11.1. The van der Waals surface area contributed by atoms with Gasteiger partial charge in [0.25, 0.3) is 0 Å². The third-order valence-electron chi connectivity index (χ3n) is 10.2. The number of hydrogen-bond donors (Lipinski definition) is 0. The lowest BCUT2D eigenvalue weighted by Crippen LogP contribution is -1.97. The molecule has 4 aromatic heterocycles. The third-order valence-corrected chi connectivity index (χ3v) is 10.2. The van der Waals surface area contributed by atoms with Crippen LogP contribution < -0.4 is 0 Å². The zero-order chi connectivity index (χ0) is 33.5. The van der Waals surface area contributed by atoms with Crippen molar-refractivity contribution in [3.05, 3.63) is 170 Å². The Hall–Kier alpha value is -6.98. The Kier molecular flexibility index (Phi) is 5.89. The van der Waals surface area contributed by atoms with E-state index >= 15 is 0 Å². The summed E-state index contributed by atoms with van der Waals surface area (Å²) >= 11 is 0. The van der Waals surface area contributed by atoms with Gasteiger partial charge in [-0.05, 0) is 54.6 Å². The van der Waals surface area contributed by atoms with Gasteiger partial charge in [-0.2, -0.15) is 4.98 Å². The van der Waals surface area contributed by atoms with Gasteiger partial charge < -0.3 is 13.6 Å². The van der Waals surface area contributed by atoms with Crippen molar-refractivity contribution in [2.24, 2.45) is 0 Å². The molecule has 0 aliphatic rings. The first kappa shape index (κ1) is 27.9. The molecule has 5 nitrogen and oxygen atoms in total. The van der Waals surface area contributed by atoms with Gasteiger partial charge in [0, 0.05) is 49.4 Å². The van der Waals surface area contributed by atoms with Gasteiger partial charge in [-0.1, -0.05) is 115 Å². The number of rotatable bonds is 4. The molecule has 0 N–H and O–H groups in total. The molecule has 0 saturated carbocycles. The Bertz CT molecular complexity index is 3080. The Morgan fingerprint density at radius 1 is 0.392 bits per heavy atom. The minimum atomic E-state index is 0.575. The third kappa shape index (κ3) is 4.15. The molecule has 0 unspecified atom stereocenters. The largest absolute Gasteiger partial charge is 0.438 e. The Morgan fingerprint density at radius 3 is 1.57 bits per heavy atom. The van der Waals surface area contributed by atoms with Crippen molar-refractivity contribution in [1.29, 1.82) is 0 Å². The summed E-state index contributed by atoms with van der Waals surface area (Å²) in [5, 5.41) is 6.79. The molecular formula is C46H28N4O. The van der Waals surface area contributed by atoms with E-state index in [4.69, 9.17) is 14.4 Å². The van der Waals surface area contributed by atoms with Crippen LogP contribution in [0.4, 0.5) is 0 Å². The van der Waals surface area contributed by atoms with Gasteiger partial charge >= 0.3 is 0 Å². The number of nitrogens with zero attached hydrogens (tertiary/aromatic N) is 4. The van der Waals surface area contributed by atoms with Crippen LogP contribution in [0.2, 0.25) is 0 Å². The van der Waals surface area contributed by atoms with E-state index in [1.807, 2.05) is 18.2 Å². The Labute approximate surface area is 292 Å². The summed E-state index contributed by atoms with van der Waals surface area (Å²) in [6.07, 6.45) is 0. The fourth-order valence-corrected chi connectivity index (χ4v) is 7.90. The summed E-state index contributed by atoms with van der Waals surface area (Å²) in [6.45, 7) is 0. The van der Waals surface area contributed by atoms with Gasteiger partial charge in [0.15, 0.2) is 5.82 Å². The summed E-state index contributed by atoms with van der Waals surface area (Å²) in [6, 6.07) is 59.6. The highest BCUT2D eigenvalue weighted by Crippen LogP contribution is 2.39. The van der Waals surface area contributed by atoms with Crippen LogP contribution in [0.25, 0.3) is 99.7 Å². The Morgan fingerprint density at radius 2 is 0.902 bits per heavy atom. The standard InChI is InChI=1S/C46H28N4O/c1-2-12-31(13-3-1)50-40-20-10-6-16-35(40)36-27-24-30(28-41(36)50)45-47-44(43-37-17-7-11-21-42(37)51-46(43)48-45)29-22-25-32(26-23-29)49-38-18-8-4-14-33(38)34-15-5-9-19-39(34)49/h1-28H. The zero-order valence-electron chi connectivity index (χ0n) is 27.4. The SMILES string of the molecule is c1ccc(-n2c3ccccc3c3ccc(-c4nc(-c5ccc(-n6c7ccccc7c7ccccc76)cc5)c5c(n4)oc4ccccc45)cc32)cc1. The molecule has 5 heteroatoms. The van der Waals surface area contributed by atoms with Crippen LogP contribution in [0.3, 0.4) is 0 Å². The van der Waals surface area contributed by atoms with Crippen molar-refractivity contribution in [3.8, 4) is 34.0 Å². The Balaban J connectivity index is 1.12. The van der Waals surface area contributed by atoms with E-state index in [-0.39, 0.29) is 0 Å². The van der Waals surface area contributed by atoms with Gasteiger partial charge in [-0.3, -0.25) is 0 Å². The molecule has 0 aliphatic carbocycles. The lowest BCUT2D eigenvalue weighted by atomic mass is 10.0. The number of para-hydroxylation sites is 5. The van der Waals surface area contributed by atoms with Gasteiger partial charge in [0.05, 0.1) is 33.1 Å². The highest BCUT2D eigenvalue weighted by molar-refractivity contribution is 6.12. The fourth-order valence-electron chi connectivity index (χ4n) is 7.90. The van der Waals surface area contributed by atoms with E-state index in [2.05, 4.69) is 161 Å². The van der Waals surface area contributed by atoms with Crippen LogP contribution in [0, 0.1) is 0 Å². The predicted octanol–water partition coefficient (Wildman–Crippen LogP) is 11.9. The molecule has 0 aliphatic heterocycles. The first-order chi connectivity index (χ1) is 25.3. The maximum absolute atomic E-state index is 6.42. The topological polar surface area (TPSA) is 48.8 Å². The predicted molar refractivity (Wildman–Crippen MR) is 209 cm³/mol.